The Labute approximate surface area is 134 Å². The van der Waals surface area contributed by atoms with Crippen molar-refractivity contribution >= 4 is 12.2 Å². The first-order valence-corrected chi connectivity index (χ1v) is 7.45. The molecule has 22 heavy (non-hydrogen) atoms. The van der Waals surface area contributed by atoms with E-state index in [4.69, 9.17) is 0 Å². The van der Waals surface area contributed by atoms with Crippen LogP contribution in [0.15, 0.2) is 98.1 Å². The van der Waals surface area contributed by atoms with E-state index in [0.29, 0.717) is 0 Å². The SMILES string of the molecule is C=CCCC(=C)C=Cc1ccccc1.C=Cc1ccccc1. The number of hydrogen-bond donors (Lipinski definition) is 0. The molecule has 0 radical (unpaired) electrons. The van der Waals surface area contributed by atoms with E-state index in [-0.39, 0.29) is 0 Å². The van der Waals surface area contributed by atoms with Crippen LogP contribution in [0.25, 0.3) is 12.2 Å². The highest BCUT2D eigenvalue weighted by molar-refractivity contribution is 5.52. The van der Waals surface area contributed by atoms with Crippen LogP contribution >= 0.6 is 0 Å². The van der Waals surface area contributed by atoms with Crippen molar-refractivity contribution in [1.82, 2.24) is 0 Å². The minimum absolute atomic E-state index is 0.993. The number of hydrogen-bond acceptors (Lipinski definition) is 0. The molecule has 0 aromatic heterocycles. The average Bonchev–Trinajstić information content (AvgIpc) is 2.60. The predicted octanol–water partition coefficient (Wildman–Crippen LogP) is 6.55. The van der Waals surface area contributed by atoms with E-state index >= 15 is 0 Å². The molecule has 2 aromatic rings. The first kappa shape index (κ1) is 17.5. The molecule has 0 bridgehead atoms. The first-order chi connectivity index (χ1) is 10.8. The van der Waals surface area contributed by atoms with E-state index in [9.17, 15) is 0 Å². The van der Waals surface area contributed by atoms with E-state index in [0.717, 1.165) is 18.4 Å². The second kappa shape index (κ2) is 11.1. The maximum absolute atomic E-state index is 3.97. The molecule has 0 aliphatic heterocycles. The molecule has 0 saturated heterocycles. The highest BCUT2D eigenvalue weighted by Gasteiger charge is 1.87. The Balaban J connectivity index is 0.000000255. The molecule has 0 spiro atoms. The summed E-state index contributed by atoms with van der Waals surface area (Å²) in [6.07, 6.45) is 9.90. The van der Waals surface area contributed by atoms with Crippen LogP contribution in [0.5, 0.6) is 0 Å². The third-order valence-corrected chi connectivity index (χ3v) is 3.02. The third-order valence-electron chi connectivity index (χ3n) is 3.02. The molecule has 112 valence electrons. The van der Waals surface area contributed by atoms with Crippen molar-refractivity contribution in [2.24, 2.45) is 0 Å². The minimum Gasteiger partial charge on any atom is -0.103 e. The lowest BCUT2D eigenvalue weighted by Crippen LogP contribution is -1.75. The van der Waals surface area contributed by atoms with Gasteiger partial charge in [-0.05, 0) is 24.0 Å². The van der Waals surface area contributed by atoms with Crippen LogP contribution in [-0.4, -0.2) is 0 Å². The molecule has 0 heteroatoms. The lowest BCUT2D eigenvalue weighted by molar-refractivity contribution is 1.02. The van der Waals surface area contributed by atoms with Crippen LogP contribution in [0.2, 0.25) is 0 Å². The standard InChI is InChI=1S/C14H16.C8H8/c1-3-4-8-13(2)11-12-14-9-6-5-7-10-14;1-2-8-6-4-3-5-7-8/h3,5-7,9-12H,1-2,4,8H2;2-7H,1H2. The molecule has 0 aliphatic rings. The summed E-state index contributed by atoms with van der Waals surface area (Å²) in [6.45, 7) is 11.3. The molecule has 0 atom stereocenters. The Bertz CT molecular complexity index is 588. The van der Waals surface area contributed by atoms with E-state index in [1.54, 1.807) is 0 Å². The van der Waals surface area contributed by atoms with Gasteiger partial charge >= 0.3 is 0 Å². The fourth-order valence-corrected chi connectivity index (χ4v) is 1.74. The van der Waals surface area contributed by atoms with Crippen LogP contribution in [0.1, 0.15) is 24.0 Å². The van der Waals surface area contributed by atoms with Crippen molar-refractivity contribution in [2.75, 3.05) is 0 Å². The van der Waals surface area contributed by atoms with E-state index in [1.807, 2.05) is 60.7 Å². The topological polar surface area (TPSA) is 0 Å². The highest BCUT2D eigenvalue weighted by Crippen LogP contribution is 2.08. The number of rotatable bonds is 6. The van der Waals surface area contributed by atoms with Crippen LogP contribution in [0.3, 0.4) is 0 Å². The lowest BCUT2D eigenvalue weighted by atomic mass is 10.1. The summed E-state index contributed by atoms with van der Waals surface area (Å²) >= 11 is 0. The second-order valence-corrected chi connectivity index (χ2v) is 4.84. The van der Waals surface area contributed by atoms with E-state index in [2.05, 4.69) is 44.0 Å². The summed E-state index contributed by atoms with van der Waals surface area (Å²) in [5.41, 5.74) is 3.54. The Morgan fingerprint density at radius 1 is 0.818 bits per heavy atom. The zero-order chi connectivity index (χ0) is 16.0. The van der Waals surface area contributed by atoms with Crippen molar-refractivity contribution in [1.29, 1.82) is 0 Å². The zero-order valence-corrected chi connectivity index (χ0v) is 13.1. The van der Waals surface area contributed by atoms with Crippen LogP contribution < -0.4 is 0 Å². The minimum atomic E-state index is 0.993. The van der Waals surface area contributed by atoms with Gasteiger partial charge in [0.25, 0.3) is 0 Å². The van der Waals surface area contributed by atoms with Crippen molar-refractivity contribution < 1.29 is 0 Å². The Hall–Kier alpha value is -2.60. The quantitative estimate of drug-likeness (QED) is 0.417. The largest absolute Gasteiger partial charge is 0.103 e. The summed E-state index contributed by atoms with van der Waals surface area (Å²) in [7, 11) is 0. The molecule has 0 amide bonds. The number of benzene rings is 2. The van der Waals surface area contributed by atoms with Gasteiger partial charge in [-0.25, -0.2) is 0 Å². The van der Waals surface area contributed by atoms with Gasteiger partial charge in [-0.3, -0.25) is 0 Å². The summed E-state index contributed by atoms with van der Waals surface area (Å²) < 4.78 is 0. The maximum Gasteiger partial charge on any atom is -0.0250 e. The van der Waals surface area contributed by atoms with Crippen LogP contribution in [0, 0.1) is 0 Å². The number of allylic oxidation sites excluding steroid dienone is 3. The monoisotopic (exact) mass is 288 g/mol. The second-order valence-electron chi connectivity index (χ2n) is 4.84. The molecule has 2 aromatic carbocycles. The molecule has 0 nitrogen and oxygen atoms in total. The van der Waals surface area contributed by atoms with Gasteiger partial charge in [0.1, 0.15) is 0 Å². The van der Waals surface area contributed by atoms with Gasteiger partial charge in [-0.15, -0.1) is 6.58 Å². The summed E-state index contributed by atoms with van der Waals surface area (Å²) in [6, 6.07) is 20.3. The van der Waals surface area contributed by atoms with Gasteiger partial charge in [0.15, 0.2) is 0 Å². The first-order valence-electron chi connectivity index (χ1n) is 7.45. The van der Waals surface area contributed by atoms with Crippen LogP contribution in [-0.2, 0) is 0 Å². The fourth-order valence-electron chi connectivity index (χ4n) is 1.74. The van der Waals surface area contributed by atoms with Crippen molar-refractivity contribution in [3.63, 3.8) is 0 Å². The molecule has 0 heterocycles. The van der Waals surface area contributed by atoms with Gasteiger partial charge in [-0.2, -0.15) is 0 Å². The van der Waals surface area contributed by atoms with Crippen LogP contribution in [0.4, 0.5) is 0 Å². The average molecular weight is 288 g/mol. The van der Waals surface area contributed by atoms with Crippen molar-refractivity contribution in [2.45, 2.75) is 12.8 Å². The van der Waals surface area contributed by atoms with Crippen molar-refractivity contribution in [3.05, 3.63) is 109 Å². The predicted molar refractivity (Wildman–Crippen MR) is 101 cm³/mol. The molecule has 0 aliphatic carbocycles. The molecule has 0 unspecified atom stereocenters. The molecular formula is C22H24. The van der Waals surface area contributed by atoms with Crippen molar-refractivity contribution in [3.8, 4) is 0 Å². The molecule has 2 rings (SSSR count). The summed E-state index contributed by atoms with van der Waals surface area (Å²) in [5.74, 6) is 0. The molecular weight excluding hydrogens is 264 g/mol. The normalized spacial score (nSPS) is 9.64. The van der Waals surface area contributed by atoms with E-state index < -0.39 is 0 Å². The van der Waals surface area contributed by atoms with Gasteiger partial charge in [0.2, 0.25) is 0 Å². The Morgan fingerprint density at radius 3 is 1.82 bits per heavy atom. The third kappa shape index (κ3) is 7.86. The highest BCUT2D eigenvalue weighted by atomic mass is 13.9. The van der Waals surface area contributed by atoms with E-state index in [1.165, 1.54) is 11.1 Å². The molecule has 0 saturated carbocycles. The van der Waals surface area contributed by atoms with Gasteiger partial charge < -0.3 is 0 Å². The molecule has 0 N–H and O–H groups in total. The Kier molecular flexibility index (Phi) is 8.81. The zero-order valence-electron chi connectivity index (χ0n) is 13.1. The summed E-state index contributed by atoms with van der Waals surface area (Å²) in [5, 5.41) is 0. The molecule has 0 fully saturated rings. The van der Waals surface area contributed by atoms with Gasteiger partial charge in [-0.1, -0.05) is 104 Å². The Morgan fingerprint density at radius 2 is 1.36 bits per heavy atom. The van der Waals surface area contributed by atoms with Gasteiger partial charge in [0, 0.05) is 0 Å². The maximum atomic E-state index is 3.97. The fraction of sp³-hybridized carbons (Fsp3) is 0.0909. The lowest BCUT2D eigenvalue weighted by Gasteiger charge is -1.96. The smallest absolute Gasteiger partial charge is 0.0250 e. The van der Waals surface area contributed by atoms with Gasteiger partial charge in [0.05, 0.1) is 0 Å². The summed E-state index contributed by atoms with van der Waals surface area (Å²) in [4.78, 5) is 0.